The van der Waals surface area contributed by atoms with E-state index in [1.165, 1.54) is 0 Å². The van der Waals surface area contributed by atoms with Crippen LogP contribution in [0.3, 0.4) is 0 Å². The Hall–Kier alpha value is -3.40. The number of nitrogens with zero attached hydrogens (tertiary/aromatic N) is 1. The molecule has 3 aromatic rings. The predicted octanol–water partition coefficient (Wildman–Crippen LogP) is 5.95. The molecule has 1 amide bonds. The Morgan fingerprint density at radius 1 is 0.794 bits per heavy atom. The first-order valence-corrected chi connectivity index (χ1v) is 11.8. The van der Waals surface area contributed by atoms with Gasteiger partial charge in [0.2, 0.25) is 5.91 Å². The molecule has 4 heteroatoms. The second-order valence-electron chi connectivity index (χ2n) is 10.6. The molecular formula is C30H33NO3. The maximum Gasteiger partial charge on any atom is 0.329 e. The van der Waals surface area contributed by atoms with Gasteiger partial charge in [0.05, 0.1) is 0 Å². The summed E-state index contributed by atoms with van der Waals surface area (Å²) in [5, 5.41) is 0. The molecule has 1 aliphatic rings. The van der Waals surface area contributed by atoms with Gasteiger partial charge in [-0.25, -0.2) is 4.79 Å². The highest BCUT2D eigenvalue weighted by molar-refractivity contribution is 5.93. The monoisotopic (exact) mass is 455 g/mol. The fourth-order valence-electron chi connectivity index (χ4n) is 5.03. The molecular weight excluding hydrogens is 422 g/mol. The third-order valence-corrected chi connectivity index (χ3v) is 6.43. The van der Waals surface area contributed by atoms with Gasteiger partial charge in [0, 0.05) is 5.41 Å². The molecule has 3 aromatic carbocycles. The number of esters is 1. The number of hydrogen-bond donors (Lipinski definition) is 0. The molecule has 1 unspecified atom stereocenters. The Morgan fingerprint density at radius 2 is 1.18 bits per heavy atom. The molecule has 0 radical (unpaired) electrons. The van der Waals surface area contributed by atoms with E-state index in [-0.39, 0.29) is 11.9 Å². The molecule has 0 bridgehead atoms. The molecule has 0 saturated carbocycles. The van der Waals surface area contributed by atoms with Crippen LogP contribution < -0.4 is 0 Å². The van der Waals surface area contributed by atoms with Gasteiger partial charge >= 0.3 is 5.97 Å². The van der Waals surface area contributed by atoms with Gasteiger partial charge in [0.1, 0.15) is 17.2 Å². The van der Waals surface area contributed by atoms with Crippen LogP contribution in [0.2, 0.25) is 0 Å². The summed E-state index contributed by atoms with van der Waals surface area (Å²) in [4.78, 5) is 29.6. The lowest BCUT2D eigenvalue weighted by Gasteiger charge is -2.46. The summed E-state index contributed by atoms with van der Waals surface area (Å²) < 4.78 is 5.86. The Kier molecular flexibility index (Phi) is 6.11. The first-order valence-electron chi connectivity index (χ1n) is 11.8. The van der Waals surface area contributed by atoms with Gasteiger partial charge in [0.25, 0.3) is 0 Å². The van der Waals surface area contributed by atoms with Crippen LogP contribution in [-0.2, 0) is 19.9 Å². The van der Waals surface area contributed by atoms with Crippen LogP contribution in [0.5, 0.6) is 0 Å². The highest BCUT2D eigenvalue weighted by Gasteiger charge is 2.58. The van der Waals surface area contributed by atoms with Gasteiger partial charge in [0.15, 0.2) is 0 Å². The molecule has 1 fully saturated rings. The number of rotatable bonds is 5. The van der Waals surface area contributed by atoms with Crippen molar-refractivity contribution in [1.82, 2.24) is 4.90 Å². The van der Waals surface area contributed by atoms with E-state index in [0.717, 1.165) is 16.7 Å². The fraction of sp³-hybridized carbons (Fsp3) is 0.333. The van der Waals surface area contributed by atoms with Crippen molar-refractivity contribution in [3.63, 3.8) is 0 Å². The van der Waals surface area contributed by atoms with Crippen molar-refractivity contribution in [1.29, 1.82) is 0 Å². The Morgan fingerprint density at radius 3 is 1.53 bits per heavy atom. The van der Waals surface area contributed by atoms with E-state index >= 15 is 0 Å². The largest absolute Gasteiger partial charge is 0.458 e. The zero-order chi connectivity index (χ0) is 24.6. The second-order valence-corrected chi connectivity index (χ2v) is 10.6. The van der Waals surface area contributed by atoms with Crippen LogP contribution in [0.15, 0.2) is 91.0 Å². The molecule has 0 aliphatic carbocycles. The molecule has 176 valence electrons. The number of hydrogen-bond acceptors (Lipinski definition) is 3. The second kappa shape index (κ2) is 8.75. The van der Waals surface area contributed by atoms with Crippen molar-refractivity contribution >= 4 is 11.9 Å². The van der Waals surface area contributed by atoms with E-state index < -0.39 is 22.6 Å². The number of ether oxygens (including phenoxy) is 1. The fourth-order valence-corrected chi connectivity index (χ4v) is 5.03. The molecule has 0 spiro atoms. The number of benzene rings is 3. The quantitative estimate of drug-likeness (QED) is 0.353. The topological polar surface area (TPSA) is 46.6 Å². The van der Waals surface area contributed by atoms with Gasteiger partial charge in [-0.1, -0.05) is 105 Å². The predicted molar refractivity (Wildman–Crippen MR) is 134 cm³/mol. The van der Waals surface area contributed by atoms with Crippen molar-refractivity contribution in [2.45, 2.75) is 58.2 Å². The van der Waals surface area contributed by atoms with Crippen LogP contribution >= 0.6 is 0 Å². The van der Waals surface area contributed by atoms with Gasteiger partial charge in [-0.3, -0.25) is 4.79 Å². The van der Waals surface area contributed by atoms with E-state index in [2.05, 4.69) is 0 Å². The minimum Gasteiger partial charge on any atom is -0.458 e. The third-order valence-electron chi connectivity index (χ3n) is 6.43. The number of amides is 1. The first-order chi connectivity index (χ1) is 16.1. The van der Waals surface area contributed by atoms with Crippen molar-refractivity contribution in [2.24, 2.45) is 5.41 Å². The van der Waals surface area contributed by atoms with E-state index in [1.54, 1.807) is 4.90 Å². The zero-order valence-corrected chi connectivity index (χ0v) is 20.6. The van der Waals surface area contributed by atoms with Crippen molar-refractivity contribution in [3.05, 3.63) is 108 Å². The molecule has 4 nitrogen and oxygen atoms in total. The molecule has 4 rings (SSSR count). The minimum absolute atomic E-state index is 0.0695. The van der Waals surface area contributed by atoms with E-state index in [1.807, 2.05) is 126 Å². The van der Waals surface area contributed by atoms with Gasteiger partial charge < -0.3 is 9.64 Å². The highest BCUT2D eigenvalue weighted by atomic mass is 16.6. The molecule has 0 N–H and O–H groups in total. The summed E-state index contributed by atoms with van der Waals surface area (Å²) in [5.74, 6) is -0.446. The van der Waals surface area contributed by atoms with E-state index in [4.69, 9.17) is 4.74 Å². The van der Waals surface area contributed by atoms with Gasteiger partial charge in [-0.15, -0.1) is 0 Å². The van der Waals surface area contributed by atoms with Crippen LogP contribution in [0.1, 0.15) is 57.7 Å². The van der Waals surface area contributed by atoms with Gasteiger partial charge in [-0.2, -0.15) is 0 Å². The van der Waals surface area contributed by atoms with Crippen LogP contribution in [0, 0.1) is 5.41 Å². The molecule has 0 aromatic heterocycles. The van der Waals surface area contributed by atoms with Crippen molar-refractivity contribution in [3.8, 4) is 0 Å². The standard InChI is InChI=1S/C30H33NO3/c1-28(2,3)34-26(32)25-21-29(4,5)27(33)31(25)30(22-15-9-6-10-16-22,23-17-11-7-12-18-23)24-19-13-8-14-20-24/h6-20,25H,21H2,1-5H3. The summed E-state index contributed by atoms with van der Waals surface area (Å²) in [5.41, 5.74) is 0.389. The van der Waals surface area contributed by atoms with Crippen LogP contribution in [0.25, 0.3) is 0 Å². The third kappa shape index (κ3) is 4.13. The van der Waals surface area contributed by atoms with E-state index in [9.17, 15) is 9.59 Å². The number of carbonyl (C=O) groups excluding carboxylic acids is 2. The van der Waals surface area contributed by atoms with Crippen LogP contribution in [-0.4, -0.2) is 28.4 Å². The minimum atomic E-state index is -1.00. The molecule has 1 atom stereocenters. The van der Waals surface area contributed by atoms with Gasteiger partial charge in [-0.05, 0) is 43.9 Å². The maximum atomic E-state index is 14.2. The summed E-state index contributed by atoms with van der Waals surface area (Å²) in [6.07, 6.45) is 0.384. The molecule has 1 aliphatic heterocycles. The maximum absolute atomic E-state index is 14.2. The molecule has 1 saturated heterocycles. The lowest BCUT2D eigenvalue weighted by atomic mass is 9.75. The molecule has 1 heterocycles. The summed E-state index contributed by atoms with van der Waals surface area (Å²) in [6.45, 7) is 9.40. The Balaban J connectivity index is 2.06. The molecule has 34 heavy (non-hydrogen) atoms. The first kappa shape index (κ1) is 23.7. The summed E-state index contributed by atoms with van der Waals surface area (Å²) >= 11 is 0. The van der Waals surface area contributed by atoms with Crippen molar-refractivity contribution < 1.29 is 14.3 Å². The Labute approximate surface area is 202 Å². The van der Waals surface area contributed by atoms with Crippen molar-refractivity contribution in [2.75, 3.05) is 0 Å². The SMILES string of the molecule is CC(C)(C)OC(=O)C1CC(C)(C)C(=O)N1C(c1ccccc1)(c1ccccc1)c1ccccc1. The number of likely N-dealkylation sites (tertiary alicyclic amines) is 1. The Bertz CT molecular complexity index is 1050. The normalized spacial score (nSPS) is 18.1. The smallest absolute Gasteiger partial charge is 0.329 e. The average molecular weight is 456 g/mol. The summed E-state index contributed by atoms with van der Waals surface area (Å²) in [7, 11) is 0. The zero-order valence-electron chi connectivity index (χ0n) is 20.6. The van der Waals surface area contributed by atoms with E-state index in [0.29, 0.717) is 6.42 Å². The van der Waals surface area contributed by atoms with Crippen LogP contribution in [0.4, 0.5) is 0 Å². The highest BCUT2D eigenvalue weighted by Crippen LogP contribution is 2.50. The lowest BCUT2D eigenvalue weighted by Crippen LogP contribution is -2.56. The number of carbonyl (C=O) groups is 2. The average Bonchev–Trinajstić information content (AvgIpc) is 3.05. The lowest BCUT2D eigenvalue weighted by molar-refractivity contribution is -0.164. The summed E-state index contributed by atoms with van der Waals surface area (Å²) in [6, 6.07) is 29.2.